The number of aliphatic hydroxyl groups excluding tert-OH is 1. The maximum absolute atomic E-state index is 8.84. The van der Waals surface area contributed by atoms with Crippen molar-refractivity contribution in [3.63, 3.8) is 0 Å². The molecule has 0 fully saturated rings. The summed E-state index contributed by atoms with van der Waals surface area (Å²) in [7, 11) is 0. The van der Waals surface area contributed by atoms with Crippen LogP contribution < -0.4 is 5.32 Å². The maximum Gasteiger partial charge on any atom is 0.0794 e. The molecule has 17 heavy (non-hydrogen) atoms. The number of nitrogens with one attached hydrogen (secondary N) is 2. The van der Waals surface area contributed by atoms with Crippen LogP contribution in [-0.4, -0.2) is 28.0 Å². The first-order chi connectivity index (χ1) is 8.31. The molecule has 1 atom stereocenters. The predicted octanol–water partition coefficient (Wildman–Crippen LogP) is 2.00. The van der Waals surface area contributed by atoms with Crippen LogP contribution in [0.4, 0.5) is 0 Å². The Morgan fingerprint density at radius 3 is 3.18 bits per heavy atom. The van der Waals surface area contributed by atoms with E-state index in [0.717, 1.165) is 24.2 Å². The van der Waals surface area contributed by atoms with E-state index in [1.54, 1.807) is 11.3 Å². The first-order valence-corrected chi connectivity index (χ1v) is 6.59. The standard InChI is InChI=1S/C12H17N3OS/c1-9(4-5-16)13-7-10-8-14-15-12(10)11-3-2-6-17-11/h2-3,6,8-9,13,16H,4-5,7H2,1H3,(H,14,15). The lowest BCUT2D eigenvalue weighted by molar-refractivity contribution is 0.268. The number of aliphatic hydroxyl groups is 1. The number of rotatable bonds is 6. The maximum atomic E-state index is 8.84. The van der Waals surface area contributed by atoms with Gasteiger partial charge in [-0.05, 0) is 24.8 Å². The fourth-order valence-corrected chi connectivity index (χ4v) is 2.41. The first kappa shape index (κ1) is 12.3. The highest BCUT2D eigenvalue weighted by Gasteiger charge is 2.09. The van der Waals surface area contributed by atoms with Crippen molar-refractivity contribution in [3.05, 3.63) is 29.3 Å². The normalized spacial score (nSPS) is 12.8. The molecule has 5 heteroatoms. The fraction of sp³-hybridized carbons (Fsp3) is 0.417. The fourth-order valence-electron chi connectivity index (χ4n) is 1.66. The minimum absolute atomic E-state index is 0.220. The summed E-state index contributed by atoms with van der Waals surface area (Å²) in [6.45, 7) is 3.06. The van der Waals surface area contributed by atoms with Crippen molar-refractivity contribution in [1.82, 2.24) is 15.5 Å². The molecule has 92 valence electrons. The lowest BCUT2D eigenvalue weighted by Gasteiger charge is -2.11. The quantitative estimate of drug-likeness (QED) is 0.736. The van der Waals surface area contributed by atoms with Crippen molar-refractivity contribution in [2.45, 2.75) is 25.9 Å². The minimum Gasteiger partial charge on any atom is -0.396 e. The molecule has 0 aliphatic heterocycles. The topological polar surface area (TPSA) is 60.9 Å². The van der Waals surface area contributed by atoms with E-state index in [0.29, 0.717) is 6.04 Å². The van der Waals surface area contributed by atoms with E-state index in [1.807, 2.05) is 12.3 Å². The zero-order valence-corrected chi connectivity index (χ0v) is 10.6. The molecule has 0 spiro atoms. The molecule has 0 bridgehead atoms. The summed E-state index contributed by atoms with van der Waals surface area (Å²) in [6.07, 6.45) is 2.62. The second-order valence-corrected chi connectivity index (χ2v) is 4.99. The molecule has 3 N–H and O–H groups in total. The monoisotopic (exact) mass is 251 g/mol. The van der Waals surface area contributed by atoms with E-state index >= 15 is 0 Å². The number of H-pyrrole nitrogens is 1. The van der Waals surface area contributed by atoms with Gasteiger partial charge in [0.1, 0.15) is 0 Å². The van der Waals surface area contributed by atoms with Gasteiger partial charge in [0.15, 0.2) is 0 Å². The molecule has 0 aromatic carbocycles. The highest BCUT2D eigenvalue weighted by Crippen LogP contribution is 2.25. The molecule has 0 aliphatic rings. The third-order valence-electron chi connectivity index (χ3n) is 2.69. The Morgan fingerprint density at radius 2 is 2.47 bits per heavy atom. The van der Waals surface area contributed by atoms with Crippen molar-refractivity contribution >= 4 is 11.3 Å². The van der Waals surface area contributed by atoms with Crippen molar-refractivity contribution < 1.29 is 5.11 Å². The molecule has 0 saturated carbocycles. The molecule has 2 aromatic rings. The molecule has 2 aromatic heterocycles. The van der Waals surface area contributed by atoms with Crippen LogP contribution in [0.15, 0.2) is 23.7 Å². The average molecular weight is 251 g/mol. The highest BCUT2D eigenvalue weighted by molar-refractivity contribution is 7.13. The van der Waals surface area contributed by atoms with Crippen LogP contribution in [-0.2, 0) is 6.54 Å². The Balaban J connectivity index is 2.00. The van der Waals surface area contributed by atoms with Gasteiger partial charge < -0.3 is 10.4 Å². The van der Waals surface area contributed by atoms with Crippen LogP contribution >= 0.6 is 11.3 Å². The number of aromatic nitrogens is 2. The zero-order chi connectivity index (χ0) is 12.1. The van der Waals surface area contributed by atoms with Gasteiger partial charge >= 0.3 is 0 Å². The van der Waals surface area contributed by atoms with Gasteiger partial charge in [0.2, 0.25) is 0 Å². The number of thiophene rings is 1. The van der Waals surface area contributed by atoms with Gasteiger partial charge in [-0.15, -0.1) is 11.3 Å². The summed E-state index contributed by atoms with van der Waals surface area (Å²) in [5.74, 6) is 0. The molecule has 1 unspecified atom stereocenters. The van der Waals surface area contributed by atoms with Crippen molar-refractivity contribution in [1.29, 1.82) is 0 Å². The number of hydrogen-bond donors (Lipinski definition) is 3. The molecular formula is C12H17N3OS. The van der Waals surface area contributed by atoms with Crippen LogP contribution in [0.2, 0.25) is 0 Å². The third-order valence-corrected chi connectivity index (χ3v) is 3.58. The zero-order valence-electron chi connectivity index (χ0n) is 9.81. The Kier molecular flexibility index (Phi) is 4.30. The summed E-state index contributed by atoms with van der Waals surface area (Å²) in [5, 5.41) is 21.4. The molecule has 4 nitrogen and oxygen atoms in total. The second-order valence-electron chi connectivity index (χ2n) is 4.04. The Hall–Kier alpha value is -1.17. The van der Waals surface area contributed by atoms with Crippen LogP contribution in [0.1, 0.15) is 18.9 Å². The molecule has 0 saturated heterocycles. The van der Waals surface area contributed by atoms with Gasteiger partial charge in [-0.3, -0.25) is 5.10 Å². The molecule has 0 radical (unpaired) electrons. The van der Waals surface area contributed by atoms with E-state index in [9.17, 15) is 0 Å². The van der Waals surface area contributed by atoms with Gasteiger partial charge in [-0.2, -0.15) is 5.10 Å². The van der Waals surface area contributed by atoms with E-state index in [-0.39, 0.29) is 6.61 Å². The molecule has 2 rings (SSSR count). The molecular weight excluding hydrogens is 234 g/mol. The largest absolute Gasteiger partial charge is 0.396 e. The Morgan fingerprint density at radius 1 is 1.59 bits per heavy atom. The smallest absolute Gasteiger partial charge is 0.0794 e. The molecule has 0 amide bonds. The van der Waals surface area contributed by atoms with Crippen molar-refractivity contribution in [2.24, 2.45) is 0 Å². The number of hydrogen-bond acceptors (Lipinski definition) is 4. The Labute approximate surface area is 105 Å². The van der Waals surface area contributed by atoms with Crippen molar-refractivity contribution in [3.8, 4) is 10.6 Å². The van der Waals surface area contributed by atoms with Crippen LogP contribution in [0.5, 0.6) is 0 Å². The summed E-state index contributed by atoms with van der Waals surface area (Å²) >= 11 is 1.70. The van der Waals surface area contributed by atoms with Gasteiger partial charge in [0, 0.05) is 24.8 Å². The lowest BCUT2D eigenvalue weighted by atomic mass is 10.2. The van der Waals surface area contributed by atoms with Gasteiger partial charge in [-0.25, -0.2) is 0 Å². The van der Waals surface area contributed by atoms with E-state index in [2.05, 4.69) is 33.9 Å². The summed E-state index contributed by atoms with van der Waals surface area (Å²) in [4.78, 5) is 1.20. The Bertz CT molecular complexity index is 438. The van der Waals surface area contributed by atoms with E-state index in [4.69, 9.17) is 5.11 Å². The summed E-state index contributed by atoms with van der Waals surface area (Å²) in [6, 6.07) is 4.43. The minimum atomic E-state index is 0.220. The van der Waals surface area contributed by atoms with Gasteiger partial charge in [0.25, 0.3) is 0 Å². The van der Waals surface area contributed by atoms with Gasteiger partial charge in [-0.1, -0.05) is 6.07 Å². The van der Waals surface area contributed by atoms with Crippen LogP contribution in [0, 0.1) is 0 Å². The lowest BCUT2D eigenvalue weighted by Crippen LogP contribution is -2.26. The summed E-state index contributed by atoms with van der Waals surface area (Å²) < 4.78 is 0. The first-order valence-electron chi connectivity index (χ1n) is 5.71. The summed E-state index contributed by atoms with van der Waals surface area (Å²) in [5.41, 5.74) is 2.25. The predicted molar refractivity (Wildman–Crippen MR) is 69.9 cm³/mol. The average Bonchev–Trinajstić information content (AvgIpc) is 2.97. The van der Waals surface area contributed by atoms with Crippen LogP contribution in [0.3, 0.4) is 0 Å². The van der Waals surface area contributed by atoms with Gasteiger partial charge in [0.05, 0.1) is 16.8 Å². The number of aromatic amines is 1. The number of nitrogens with zero attached hydrogens (tertiary/aromatic N) is 1. The molecule has 0 aliphatic carbocycles. The van der Waals surface area contributed by atoms with Crippen molar-refractivity contribution in [2.75, 3.05) is 6.61 Å². The second kappa shape index (κ2) is 5.95. The van der Waals surface area contributed by atoms with E-state index < -0.39 is 0 Å². The third kappa shape index (κ3) is 3.15. The van der Waals surface area contributed by atoms with E-state index in [1.165, 1.54) is 4.88 Å². The highest BCUT2D eigenvalue weighted by atomic mass is 32.1. The molecule has 2 heterocycles. The van der Waals surface area contributed by atoms with Crippen LogP contribution in [0.25, 0.3) is 10.6 Å². The SMILES string of the molecule is CC(CCO)NCc1cn[nH]c1-c1cccs1.